The molecule has 0 aliphatic rings. The van der Waals surface area contributed by atoms with E-state index in [1.165, 1.54) is 0 Å². The fraction of sp³-hybridized carbons (Fsp3) is 0.438. The molecule has 0 radical (unpaired) electrons. The Morgan fingerprint density at radius 2 is 1.95 bits per heavy atom. The molecular weight excluding hydrogens is 282 g/mol. The first-order valence-corrected chi connectivity index (χ1v) is 7.43. The number of nitrogens with zero attached hydrogens (tertiary/aromatic N) is 2. The van der Waals surface area contributed by atoms with Crippen molar-refractivity contribution in [3.05, 3.63) is 30.5 Å². The van der Waals surface area contributed by atoms with Crippen LogP contribution >= 0.6 is 0 Å². The van der Waals surface area contributed by atoms with Crippen LogP contribution in [0.5, 0.6) is 0 Å². The molecule has 1 heterocycles. The van der Waals surface area contributed by atoms with Crippen LogP contribution in [0, 0.1) is 0 Å². The lowest BCUT2D eigenvalue weighted by molar-refractivity contribution is -0.139. The summed E-state index contributed by atoms with van der Waals surface area (Å²) in [6.45, 7) is 3.85. The molecule has 1 amide bonds. The van der Waals surface area contributed by atoms with Crippen molar-refractivity contribution < 1.29 is 14.7 Å². The monoisotopic (exact) mass is 303 g/mol. The summed E-state index contributed by atoms with van der Waals surface area (Å²) in [7, 11) is 0. The lowest BCUT2D eigenvalue weighted by Crippen LogP contribution is -2.50. The lowest BCUT2D eigenvalue weighted by atomic mass is 9.89. The lowest BCUT2D eigenvalue weighted by Gasteiger charge is -2.31. The highest BCUT2D eigenvalue weighted by Crippen LogP contribution is 2.20. The van der Waals surface area contributed by atoms with Gasteiger partial charge in [0.05, 0.1) is 23.7 Å². The SMILES string of the molecule is CCC(CC)(CC(=O)O)NC(=O)Cn1ncc2ccccc21. The molecule has 0 aliphatic carbocycles. The minimum atomic E-state index is -0.909. The van der Waals surface area contributed by atoms with E-state index in [9.17, 15) is 9.59 Å². The molecule has 0 unspecified atom stereocenters. The van der Waals surface area contributed by atoms with Crippen molar-refractivity contribution in [1.29, 1.82) is 0 Å². The third-order valence-electron chi connectivity index (χ3n) is 4.09. The van der Waals surface area contributed by atoms with Crippen LogP contribution in [0.25, 0.3) is 10.9 Å². The van der Waals surface area contributed by atoms with E-state index < -0.39 is 11.5 Å². The normalized spacial score (nSPS) is 11.5. The van der Waals surface area contributed by atoms with Crippen LogP contribution in [0.4, 0.5) is 0 Å². The molecule has 1 aromatic heterocycles. The maximum Gasteiger partial charge on any atom is 0.305 e. The molecule has 0 spiro atoms. The second-order valence-electron chi connectivity index (χ2n) is 5.47. The van der Waals surface area contributed by atoms with Crippen molar-refractivity contribution >= 4 is 22.8 Å². The number of aliphatic carboxylic acids is 1. The maximum absolute atomic E-state index is 12.3. The average Bonchev–Trinajstić information content (AvgIpc) is 2.89. The Morgan fingerprint density at radius 3 is 2.59 bits per heavy atom. The first kappa shape index (κ1) is 16.0. The van der Waals surface area contributed by atoms with Gasteiger partial charge in [-0.1, -0.05) is 32.0 Å². The first-order valence-electron chi connectivity index (χ1n) is 7.43. The van der Waals surface area contributed by atoms with Gasteiger partial charge in [-0.15, -0.1) is 0 Å². The van der Waals surface area contributed by atoms with Gasteiger partial charge in [0.2, 0.25) is 5.91 Å². The van der Waals surface area contributed by atoms with Gasteiger partial charge in [-0.05, 0) is 18.9 Å². The number of carbonyl (C=O) groups excluding carboxylic acids is 1. The van der Waals surface area contributed by atoms with Crippen molar-refractivity contribution in [2.75, 3.05) is 0 Å². The van der Waals surface area contributed by atoms with E-state index in [1.807, 2.05) is 38.1 Å². The molecule has 2 aromatic rings. The largest absolute Gasteiger partial charge is 0.481 e. The molecule has 0 bridgehead atoms. The number of nitrogens with one attached hydrogen (secondary N) is 1. The molecule has 6 nitrogen and oxygen atoms in total. The minimum absolute atomic E-state index is 0.0778. The number of hydrogen-bond donors (Lipinski definition) is 2. The second kappa shape index (κ2) is 6.60. The van der Waals surface area contributed by atoms with Gasteiger partial charge in [-0.3, -0.25) is 14.3 Å². The predicted molar refractivity (Wildman–Crippen MR) is 83.4 cm³/mol. The third-order valence-corrected chi connectivity index (χ3v) is 4.09. The quantitative estimate of drug-likeness (QED) is 0.821. The standard InChI is InChI=1S/C16H21N3O3/c1-3-16(4-2,9-15(21)22)18-14(20)11-19-13-8-6-5-7-12(13)10-17-19/h5-8,10H,3-4,9,11H2,1-2H3,(H,18,20)(H,21,22). The van der Waals surface area contributed by atoms with E-state index in [2.05, 4.69) is 10.4 Å². The highest BCUT2D eigenvalue weighted by Gasteiger charge is 2.31. The Bertz CT molecular complexity index is 674. The Morgan fingerprint density at radius 1 is 1.27 bits per heavy atom. The molecule has 0 atom stereocenters. The van der Waals surface area contributed by atoms with Crippen LogP contribution in [0.15, 0.2) is 30.5 Å². The molecule has 2 N–H and O–H groups in total. The molecule has 0 fully saturated rings. The number of aromatic nitrogens is 2. The summed E-state index contributed by atoms with van der Waals surface area (Å²) in [5.41, 5.74) is 0.181. The molecule has 6 heteroatoms. The Balaban J connectivity index is 2.12. The number of hydrogen-bond acceptors (Lipinski definition) is 3. The maximum atomic E-state index is 12.3. The van der Waals surface area contributed by atoms with Crippen LogP contribution in [0.2, 0.25) is 0 Å². The molecule has 118 valence electrons. The van der Waals surface area contributed by atoms with Gasteiger partial charge in [-0.25, -0.2) is 0 Å². The summed E-state index contributed by atoms with van der Waals surface area (Å²) in [6.07, 6.45) is 2.78. The van der Waals surface area contributed by atoms with Crippen molar-refractivity contribution in [2.24, 2.45) is 0 Å². The van der Waals surface area contributed by atoms with Crippen LogP contribution in [-0.2, 0) is 16.1 Å². The van der Waals surface area contributed by atoms with E-state index in [4.69, 9.17) is 5.11 Å². The highest BCUT2D eigenvalue weighted by atomic mass is 16.4. The average molecular weight is 303 g/mol. The van der Waals surface area contributed by atoms with Crippen molar-refractivity contribution in [2.45, 2.75) is 45.2 Å². The van der Waals surface area contributed by atoms with Crippen LogP contribution in [0.1, 0.15) is 33.1 Å². The number of benzene rings is 1. The van der Waals surface area contributed by atoms with E-state index in [0.717, 1.165) is 10.9 Å². The van der Waals surface area contributed by atoms with Crippen LogP contribution < -0.4 is 5.32 Å². The van der Waals surface area contributed by atoms with Crippen molar-refractivity contribution in [3.8, 4) is 0 Å². The summed E-state index contributed by atoms with van der Waals surface area (Å²) < 4.78 is 1.63. The molecule has 22 heavy (non-hydrogen) atoms. The van der Waals surface area contributed by atoms with Gasteiger partial charge in [0.15, 0.2) is 0 Å². The van der Waals surface area contributed by atoms with Crippen molar-refractivity contribution in [3.63, 3.8) is 0 Å². The van der Waals surface area contributed by atoms with Gasteiger partial charge in [0.25, 0.3) is 0 Å². The fourth-order valence-electron chi connectivity index (χ4n) is 2.63. The molecule has 0 saturated heterocycles. The zero-order valence-corrected chi connectivity index (χ0v) is 12.9. The molecule has 2 rings (SSSR count). The number of fused-ring (bicyclic) bond motifs is 1. The highest BCUT2D eigenvalue weighted by molar-refractivity contribution is 5.82. The number of carbonyl (C=O) groups is 2. The summed E-state index contributed by atoms with van der Waals surface area (Å²) in [5.74, 6) is -1.13. The molecular formula is C16H21N3O3. The van der Waals surface area contributed by atoms with Gasteiger partial charge >= 0.3 is 5.97 Å². The topological polar surface area (TPSA) is 84.2 Å². The van der Waals surface area contributed by atoms with Gasteiger partial charge < -0.3 is 10.4 Å². The third kappa shape index (κ3) is 3.44. The van der Waals surface area contributed by atoms with Gasteiger partial charge in [0.1, 0.15) is 6.54 Å². The zero-order chi connectivity index (χ0) is 16.2. The van der Waals surface area contributed by atoms with Crippen molar-refractivity contribution in [1.82, 2.24) is 15.1 Å². The van der Waals surface area contributed by atoms with Gasteiger partial charge in [-0.2, -0.15) is 5.10 Å². The number of carboxylic acid groups (broad SMARTS) is 1. The second-order valence-corrected chi connectivity index (χ2v) is 5.47. The summed E-state index contributed by atoms with van der Waals surface area (Å²) >= 11 is 0. The summed E-state index contributed by atoms with van der Waals surface area (Å²) in [4.78, 5) is 23.3. The van der Waals surface area contributed by atoms with E-state index in [-0.39, 0.29) is 18.9 Å². The molecule has 0 aliphatic heterocycles. The van der Waals surface area contributed by atoms with E-state index >= 15 is 0 Å². The van der Waals surface area contributed by atoms with E-state index in [1.54, 1.807) is 10.9 Å². The predicted octanol–water partition coefficient (Wildman–Crippen LogP) is 2.19. The molecule has 0 saturated carbocycles. The summed E-state index contributed by atoms with van der Waals surface area (Å²) in [6, 6.07) is 7.65. The number of rotatable bonds is 7. The van der Waals surface area contributed by atoms with Crippen LogP contribution in [0.3, 0.4) is 0 Å². The Kier molecular flexibility index (Phi) is 4.80. The smallest absolute Gasteiger partial charge is 0.305 e. The number of amides is 1. The molecule has 1 aromatic carbocycles. The Labute approximate surface area is 129 Å². The number of para-hydroxylation sites is 1. The number of carboxylic acids is 1. The zero-order valence-electron chi connectivity index (χ0n) is 12.9. The van der Waals surface area contributed by atoms with Crippen LogP contribution in [-0.4, -0.2) is 32.3 Å². The minimum Gasteiger partial charge on any atom is -0.481 e. The Hall–Kier alpha value is -2.37. The summed E-state index contributed by atoms with van der Waals surface area (Å²) in [5, 5.41) is 17.1. The van der Waals surface area contributed by atoms with Gasteiger partial charge in [0, 0.05) is 5.39 Å². The van der Waals surface area contributed by atoms with E-state index in [0.29, 0.717) is 12.8 Å². The first-order chi connectivity index (χ1) is 10.5. The fourth-order valence-corrected chi connectivity index (χ4v) is 2.63.